The zero-order valence-electron chi connectivity index (χ0n) is 8.53. The molecule has 0 spiro atoms. The van der Waals surface area contributed by atoms with Crippen LogP contribution in [0.3, 0.4) is 0 Å². The van der Waals surface area contributed by atoms with Gasteiger partial charge in [0.2, 0.25) is 0 Å². The molecule has 0 heterocycles. The van der Waals surface area contributed by atoms with Gasteiger partial charge in [0.15, 0.2) is 0 Å². The molecule has 0 aliphatic carbocycles. The lowest BCUT2D eigenvalue weighted by Crippen LogP contribution is -2.35. The van der Waals surface area contributed by atoms with Crippen molar-refractivity contribution in [3.8, 4) is 0 Å². The van der Waals surface area contributed by atoms with Gasteiger partial charge in [0, 0.05) is 11.6 Å². The van der Waals surface area contributed by atoms with E-state index in [1.165, 1.54) is 0 Å². The fourth-order valence-electron chi connectivity index (χ4n) is 1.28. The average Bonchev–Trinajstić information content (AvgIpc) is 2.21. The number of hydrogen-bond donors (Lipinski definition) is 2. The van der Waals surface area contributed by atoms with E-state index in [-0.39, 0.29) is 0 Å². The quantitative estimate of drug-likeness (QED) is 0.812. The number of carboxylic acids is 1. The molecule has 0 aromatic heterocycles. The second-order valence-electron chi connectivity index (χ2n) is 3.27. The molecule has 1 aromatic carbocycles. The summed E-state index contributed by atoms with van der Waals surface area (Å²) in [4.78, 5) is 10.7. The third-order valence-electron chi connectivity index (χ3n) is 2.20. The number of hydrogen-bond acceptors (Lipinski definition) is 2. The van der Waals surface area contributed by atoms with Crippen LogP contribution in [0.15, 0.2) is 24.3 Å². The molecule has 0 amide bonds. The van der Waals surface area contributed by atoms with E-state index >= 15 is 0 Å². The first-order valence-corrected chi connectivity index (χ1v) is 5.22. The maximum Gasteiger partial charge on any atom is 0.320 e. The first kappa shape index (κ1) is 12.0. The molecule has 0 radical (unpaired) electrons. The van der Waals surface area contributed by atoms with E-state index in [1.54, 1.807) is 6.07 Å². The minimum absolute atomic E-state index is 0.477. The predicted octanol–water partition coefficient (Wildman–Crippen LogP) is 2.29. The van der Waals surface area contributed by atoms with Gasteiger partial charge in [-0.2, -0.15) is 0 Å². The molecule has 1 rings (SSSR count). The Morgan fingerprint density at radius 3 is 2.73 bits per heavy atom. The van der Waals surface area contributed by atoms with Gasteiger partial charge < -0.3 is 10.4 Å². The Kier molecular flexibility index (Phi) is 4.59. The van der Waals surface area contributed by atoms with E-state index in [4.69, 9.17) is 16.7 Å². The van der Waals surface area contributed by atoms with Gasteiger partial charge in [0.25, 0.3) is 0 Å². The van der Waals surface area contributed by atoms with Crippen LogP contribution in [-0.2, 0) is 11.3 Å². The number of halogens is 1. The minimum atomic E-state index is -0.829. The molecule has 0 bridgehead atoms. The first-order chi connectivity index (χ1) is 7.15. The monoisotopic (exact) mass is 227 g/mol. The standard InChI is InChI=1S/C11H14ClNO2/c1-2-10(11(14)15)13-7-8-5-3-4-6-9(8)12/h3-6,10,13H,2,7H2,1H3,(H,14,15). The number of aliphatic carboxylic acids is 1. The van der Waals surface area contributed by atoms with E-state index in [1.807, 2.05) is 25.1 Å². The second-order valence-corrected chi connectivity index (χ2v) is 3.68. The Labute approximate surface area is 94.1 Å². The van der Waals surface area contributed by atoms with Gasteiger partial charge in [-0.15, -0.1) is 0 Å². The predicted molar refractivity (Wildman–Crippen MR) is 60.0 cm³/mol. The maximum absolute atomic E-state index is 10.7. The molecule has 4 heteroatoms. The summed E-state index contributed by atoms with van der Waals surface area (Å²) in [6, 6.07) is 6.89. The minimum Gasteiger partial charge on any atom is -0.480 e. The summed E-state index contributed by atoms with van der Waals surface area (Å²) >= 11 is 5.94. The van der Waals surface area contributed by atoms with Crippen LogP contribution in [0.2, 0.25) is 5.02 Å². The van der Waals surface area contributed by atoms with Crippen molar-refractivity contribution in [3.05, 3.63) is 34.9 Å². The van der Waals surface area contributed by atoms with E-state index in [2.05, 4.69) is 5.32 Å². The van der Waals surface area contributed by atoms with Crippen molar-refractivity contribution in [2.24, 2.45) is 0 Å². The summed E-state index contributed by atoms with van der Waals surface area (Å²) in [5, 5.41) is 12.4. The number of carboxylic acid groups (broad SMARTS) is 1. The summed E-state index contributed by atoms with van der Waals surface area (Å²) in [6.07, 6.45) is 0.555. The smallest absolute Gasteiger partial charge is 0.320 e. The highest BCUT2D eigenvalue weighted by Gasteiger charge is 2.13. The normalized spacial score (nSPS) is 12.4. The molecule has 1 unspecified atom stereocenters. The molecule has 0 aliphatic heterocycles. The van der Waals surface area contributed by atoms with E-state index < -0.39 is 12.0 Å². The van der Waals surface area contributed by atoms with Gasteiger partial charge in [-0.3, -0.25) is 4.79 Å². The molecule has 2 N–H and O–H groups in total. The summed E-state index contributed by atoms with van der Waals surface area (Å²) < 4.78 is 0. The van der Waals surface area contributed by atoms with E-state index in [9.17, 15) is 4.79 Å². The van der Waals surface area contributed by atoms with Crippen molar-refractivity contribution >= 4 is 17.6 Å². The molecule has 1 aromatic rings. The highest BCUT2D eigenvalue weighted by atomic mass is 35.5. The van der Waals surface area contributed by atoms with Crippen LogP contribution >= 0.6 is 11.6 Å². The fourth-order valence-corrected chi connectivity index (χ4v) is 1.48. The van der Waals surface area contributed by atoms with Crippen LogP contribution in [-0.4, -0.2) is 17.1 Å². The van der Waals surface area contributed by atoms with Crippen molar-refractivity contribution in [1.29, 1.82) is 0 Å². The lowest BCUT2D eigenvalue weighted by atomic mass is 10.2. The zero-order valence-corrected chi connectivity index (χ0v) is 9.29. The Morgan fingerprint density at radius 1 is 1.53 bits per heavy atom. The second kappa shape index (κ2) is 5.73. The lowest BCUT2D eigenvalue weighted by Gasteiger charge is -2.12. The van der Waals surface area contributed by atoms with Gasteiger partial charge >= 0.3 is 5.97 Å². The molecule has 0 aliphatic rings. The molecule has 82 valence electrons. The molecule has 15 heavy (non-hydrogen) atoms. The van der Waals surface area contributed by atoms with Gasteiger partial charge in [-0.25, -0.2) is 0 Å². The summed E-state index contributed by atoms with van der Waals surface area (Å²) in [6.45, 7) is 2.31. The number of carbonyl (C=O) groups is 1. The average molecular weight is 228 g/mol. The topological polar surface area (TPSA) is 49.3 Å². The number of benzene rings is 1. The summed E-state index contributed by atoms with van der Waals surface area (Å²) in [7, 11) is 0. The van der Waals surface area contributed by atoms with Gasteiger partial charge in [-0.05, 0) is 18.1 Å². The summed E-state index contributed by atoms with van der Waals surface area (Å²) in [5.41, 5.74) is 0.916. The van der Waals surface area contributed by atoms with Gasteiger partial charge in [-0.1, -0.05) is 36.7 Å². The van der Waals surface area contributed by atoms with Gasteiger partial charge in [0.1, 0.15) is 6.04 Å². The molecule has 0 saturated carbocycles. The van der Waals surface area contributed by atoms with Crippen LogP contribution in [0.5, 0.6) is 0 Å². The van der Waals surface area contributed by atoms with Crippen molar-refractivity contribution in [3.63, 3.8) is 0 Å². The molecular formula is C11H14ClNO2. The van der Waals surface area contributed by atoms with Crippen LogP contribution in [0.4, 0.5) is 0 Å². The lowest BCUT2D eigenvalue weighted by molar-refractivity contribution is -0.139. The Hall–Kier alpha value is -1.06. The highest BCUT2D eigenvalue weighted by Crippen LogP contribution is 2.14. The van der Waals surface area contributed by atoms with E-state index in [0.717, 1.165) is 5.56 Å². The Bertz CT molecular complexity index is 341. The fraction of sp³-hybridized carbons (Fsp3) is 0.364. The SMILES string of the molecule is CCC(NCc1ccccc1Cl)C(=O)O. The Balaban J connectivity index is 2.56. The molecule has 0 saturated heterocycles. The van der Waals surface area contributed by atoms with Crippen LogP contribution in [0.25, 0.3) is 0 Å². The number of rotatable bonds is 5. The third kappa shape index (κ3) is 3.53. The van der Waals surface area contributed by atoms with Gasteiger partial charge in [0.05, 0.1) is 0 Å². The Morgan fingerprint density at radius 2 is 2.20 bits per heavy atom. The molecule has 3 nitrogen and oxygen atoms in total. The van der Waals surface area contributed by atoms with Crippen molar-refractivity contribution in [2.45, 2.75) is 25.9 Å². The first-order valence-electron chi connectivity index (χ1n) is 4.84. The molecular weight excluding hydrogens is 214 g/mol. The van der Waals surface area contributed by atoms with Crippen LogP contribution < -0.4 is 5.32 Å². The highest BCUT2D eigenvalue weighted by molar-refractivity contribution is 6.31. The number of nitrogens with one attached hydrogen (secondary N) is 1. The summed E-state index contributed by atoms with van der Waals surface area (Å²) in [5.74, 6) is -0.829. The van der Waals surface area contributed by atoms with Crippen LogP contribution in [0, 0.1) is 0 Å². The van der Waals surface area contributed by atoms with E-state index in [0.29, 0.717) is 18.0 Å². The molecule has 1 atom stereocenters. The van der Waals surface area contributed by atoms with Crippen molar-refractivity contribution in [1.82, 2.24) is 5.32 Å². The largest absolute Gasteiger partial charge is 0.480 e. The van der Waals surface area contributed by atoms with Crippen molar-refractivity contribution < 1.29 is 9.90 Å². The zero-order chi connectivity index (χ0) is 11.3. The third-order valence-corrected chi connectivity index (χ3v) is 2.57. The maximum atomic E-state index is 10.7. The van der Waals surface area contributed by atoms with Crippen LogP contribution in [0.1, 0.15) is 18.9 Å². The molecule has 0 fully saturated rings. The van der Waals surface area contributed by atoms with Crippen molar-refractivity contribution in [2.75, 3.05) is 0 Å².